The van der Waals surface area contributed by atoms with Crippen LogP contribution in [0.5, 0.6) is 0 Å². The fourth-order valence-corrected chi connectivity index (χ4v) is 3.93. The van der Waals surface area contributed by atoms with Crippen molar-refractivity contribution in [2.24, 2.45) is 0 Å². The quantitative estimate of drug-likeness (QED) is 0.649. The van der Waals surface area contributed by atoms with Crippen molar-refractivity contribution in [2.75, 3.05) is 18.9 Å². The molecule has 0 aliphatic carbocycles. The number of nitrogens with one attached hydrogen (secondary N) is 1. The van der Waals surface area contributed by atoms with E-state index in [1.165, 1.54) is 0 Å². The van der Waals surface area contributed by atoms with E-state index in [4.69, 9.17) is 4.74 Å². The van der Waals surface area contributed by atoms with Gasteiger partial charge in [-0.1, -0.05) is 0 Å². The van der Waals surface area contributed by atoms with Crippen LogP contribution >= 0.6 is 0 Å². The van der Waals surface area contributed by atoms with Crippen molar-refractivity contribution in [2.45, 2.75) is 30.7 Å². The Bertz CT molecular complexity index is 269. The highest BCUT2D eigenvalue weighted by atomic mass is 32.2. The van der Waals surface area contributed by atoms with Gasteiger partial charge in [0.25, 0.3) is 0 Å². The number of ether oxygens (including phenoxy) is 1. The summed E-state index contributed by atoms with van der Waals surface area (Å²) in [6.45, 7) is 1.56. The van der Waals surface area contributed by atoms with E-state index in [0.29, 0.717) is 12.4 Å². The molecule has 0 aromatic rings. The normalized spacial score (nSPS) is 39.1. The Morgan fingerprint density at radius 2 is 2.15 bits per heavy atom. The van der Waals surface area contributed by atoms with E-state index in [-0.39, 0.29) is 11.5 Å². The van der Waals surface area contributed by atoms with Gasteiger partial charge in [-0.3, -0.25) is 5.32 Å². The van der Waals surface area contributed by atoms with Crippen molar-refractivity contribution in [1.82, 2.24) is 5.32 Å². The van der Waals surface area contributed by atoms with Crippen LogP contribution in [0, 0.1) is 0 Å². The van der Waals surface area contributed by atoms with E-state index in [9.17, 15) is 8.42 Å². The Morgan fingerprint density at radius 1 is 1.31 bits per heavy atom. The van der Waals surface area contributed by atoms with Crippen LogP contribution in [-0.4, -0.2) is 38.8 Å². The molecule has 2 unspecified atom stereocenters. The van der Waals surface area contributed by atoms with Gasteiger partial charge in [0.15, 0.2) is 9.84 Å². The molecule has 0 saturated carbocycles. The van der Waals surface area contributed by atoms with Crippen molar-refractivity contribution in [1.29, 1.82) is 0 Å². The second kappa shape index (κ2) is 3.55. The summed E-state index contributed by atoms with van der Waals surface area (Å²) in [5.41, 5.74) is 0. The Balaban J connectivity index is 2.07. The van der Waals surface area contributed by atoms with Gasteiger partial charge in [-0.2, -0.15) is 0 Å². The van der Waals surface area contributed by atoms with Gasteiger partial charge < -0.3 is 4.74 Å². The van der Waals surface area contributed by atoms with Crippen LogP contribution in [0.15, 0.2) is 0 Å². The number of hydrogen-bond acceptors (Lipinski definition) is 4. The van der Waals surface area contributed by atoms with Crippen molar-refractivity contribution in [3.63, 3.8) is 0 Å². The molecule has 76 valence electrons. The zero-order chi connectivity index (χ0) is 9.31. The largest absolute Gasteiger partial charge is 0.362 e. The zero-order valence-corrected chi connectivity index (χ0v) is 8.35. The third kappa shape index (κ3) is 1.87. The molecule has 2 heterocycles. The van der Waals surface area contributed by atoms with Crippen molar-refractivity contribution >= 4 is 9.84 Å². The predicted octanol–water partition coefficient (Wildman–Crippen LogP) is -0.100. The number of sulfone groups is 1. The summed E-state index contributed by atoms with van der Waals surface area (Å²) >= 11 is 0. The lowest BCUT2D eigenvalue weighted by atomic mass is 10.2. The van der Waals surface area contributed by atoms with Crippen LogP contribution in [0.4, 0.5) is 0 Å². The minimum Gasteiger partial charge on any atom is -0.362 e. The maximum Gasteiger partial charge on any atom is 0.157 e. The molecule has 5 heteroatoms. The maximum absolute atomic E-state index is 11.5. The van der Waals surface area contributed by atoms with E-state index >= 15 is 0 Å². The lowest BCUT2D eigenvalue weighted by Crippen LogP contribution is -2.47. The molecule has 0 aromatic carbocycles. The lowest BCUT2D eigenvalue weighted by Gasteiger charge is -2.28. The Morgan fingerprint density at radius 3 is 2.69 bits per heavy atom. The zero-order valence-electron chi connectivity index (χ0n) is 7.53. The molecule has 0 spiro atoms. The molecule has 0 amide bonds. The summed E-state index contributed by atoms with van der Waals surface area (Å²) in [6.07, 6.45) is 2.26. The third-order valence-corrected chi connectivity index (χ3v) is 4.94. The second-order valence-corrected chi connectivity index (χ2v) is 5.99. The molecule has 2 fully saturated rings. The van der Waals surface area contributed by atoms with Gasteiger partial charge in [0, 0.05) is 6.61 Å². The molecule has 0 radical (unpaired) electrons. The second-order valence-electron chi connectivity index (χ2n) is 3.65. The van der Waals surface area contributed by atoms with E-state index in [1.807, 2.05) is 0 Å². The van der Waals surface area contributed by atoms with Gasteiger partial charge in [0.2, 0.25) is 0 Å². The third-order valence-electron chi connectivity index (χ3n) is 2.68. The molecule has 2 atom stereocenters. The molecule has 1 N–H and O–H groups in total. The van der Waals surface area contributed by atoms with Gasteiger partial charge in [0.05, 0.1) is 5.75 Å². The summed E-state index contributed by atoms with van der Waals surface area (Å²) < 4.78 is 28.5. The van der Waals surface area contributed by atoms with E-state index in [0.717, 1.165) is 25.8 Å². The van der Waals surface area contributed by atoms with Crippen LogP contribution in [-0.2, 0) is 14.6 Å². The van der Waals surface area contributed by atoms with Crippen LogP contribution < -0.4 is 5.32 Å². The summed E-state index contributed by atoms with van der Waals surface area (Å²) in [5, 5.41) is 2.82. The van der Waals surface area contributed by atoms with Crippen LogP contribution in [0.2, 0.25) is 0 Å². The fourth-order valence-electron chi connectivity index (χ4n) is 1.98. The monoisotopic (exact) mass is 205 g/mol. The highest BCUT2D eigenvalue weighted by Gasteiger charge is 2.38. The van der Waals surface area contributed by atoms with Crippen molar-refractivity contribution in [3.05, 3.63) is 0 Å². The van der Waals surface area contributed by atoms with Crippen LogP contribution in [0.3, 0.4) is 0 Å². The minimum absolute atomic E-state index is 0.249. The van der Waals surface area contributed by atoms with Crippen molar-refractivity contribution in [3.8, 4) is 0 Å². The average Bonchev–Trinajstić information content (AvgIpc) is 2.47. The van der Waals surface area contributed by atoms with Crippen molar-refractivity contribution < 1.29 is 13.2 Å². The number of hydrogen-bond donors (Lipinski definition) is 1. The summed E-state index contributed by atoms with van der Waals surface area (Å²) in [4.78, 5) is 0. The lowest BCUT2D eigenvalue weighted by molar-refractivity contribution is -0.00108. The fraction of sp³-hybridized carbons (Fsp3) is 1.00. The highest BCUT2D eigenvalue weighted by Crippen LogP contribution is 2.24. The molecule has 2 rings (SSSR count). The maximum atomic E-state index is 11.5. The molecule has 0 aromatic heterocycles. The first kappa shape index (κ1) is 9.43. The van der Waals surface area contributed by atoms with Gasteiger partial charge in [-0.25, -0.2) is 8.42 Å². The predicted molar refractivity (Wildman–Crippen MR) is 49.2 cm³/mol. The summed E-state index contributed by atoms with van der Waals surface area (Å²) in [7, 11) is -2.87. The topological polar surface area (TPSA) is 55.4 Å². The van der Waals surface area contributed by atoms with Gasteiger partial charge in [-0.15, -0.1) is 0 Å². The molecular weight excluding hydrogens is 190 g/mol. The SMILES string of the molecule is O=S1(=O)CCCC1C1NCCCO1. The molecule has 13 heavy (non-hydrogen) atoms. The Labute approximate surface area is 78.6 Å². The number of rotatable bonds is 1. The summed E-state index contributed by atoms with van der Waals surface area (Å²) in [5.74, 6) is 0.333. The van der Waals surface area contributed by atoms with E-state index < -0.39 is 9.84 Å². The molecule has 0 bridgehead atoms. The first-order valence-corrected chi connectivity index (χ1v) is 6.48. The smallest absolute Gasteiger partial charge is 0.157 e. The minimum atomic E-state index is -2.87. The molecule has 2 aliphatic rings. The Kier molecular flexibility index (Phi) is 2.58. The highest BCUT2D eigenvalue weighted by molar-refractivity contribution is 7.92. The molecule has 2 saturated heterocycles. The van der Waals surface area contributed by atoms with Gasteiger partial charge >= 0.3 is 0 Å². The molecular formula is C8H15NO3S. The molecule has 2 aliphatic heterocycles. The first-order valence-electron chi connectivity index (χ1n) is 4.77. The average molecular weight is 205 g/mol. The van der Waals surface area contributed by atoms with E-state index in [2.05, 4.69) is 5.32 Å². The summed E-state index contributed by atoms with van der Waals surface area (Å²) in [6, 6.07) is 0. The first-order chi connectivity index (χ1) is 6.20. The van der Waals surface area contributed by atoms with E-state index in [1.54, 1.807) is 0 Å². The standard InChI is InChI=1S/C8H15NO3S/c10-13(11)6-1-3-7(13)8-9-4-2-5-12-8/h7-9H,1-6H2. The van der Waals surface area contributed by atoms with Gasteiger partial charge in [-0.05, 0) is 25.8 Å². The van der Waals surface area contributed by atoms with Gasteiger partial charge in [0.1, 0.15) is 11.5 Å². The van der Waals surface area contributed by atoms with Crippen LogP contribution in [0.1, 0.15) is 19.3 Å². The molecule has 4 nitrogen and oxygen atoms in total. The van der Waals surface area contributed by atoms with Crippen LogP contribution in [0.25, 0.3) is 0 Å². The Hall–Kier alpha value is -0.130.